The van der Waals surface area contributed by atoms with Crippen molar-refractivity contribution in [1.29, 1.82) is 0 Å². The van der Waals surface area contributed by atoms with Crippen LogP contribution in [0.15, 0.2) is 58.7 Å². The zero-order valence-corrected chi connectivity index (χ0v) is 24.2. The van der Waals surface area contributed by atoms with Crippen LogP contribution in [0.5, 0.6) is 5.88 Å². The van der Waals surface area contributed by atoms with Crippen LogP contribution in [0.4, 0.5) is 5.69 Å². The first kappa shape index (κ1) is 32.4. The zero-order chi connectivity index (χ0) is 32.5. The van der Waals surface area contributed by atoms with Crippen molar-refractivity contribution in [1.82, 2.24) is 4.98 Å². The van der Waals surface area contributed by atoms with Crippen molar-refractivity contribution in [2.24, 2.45) is 10.1 Å². The minimum absolute atomic E-state index is 0.0716. The summed E-state index contributed by atoms with van der Waals surface area (Å²) >= 11 is 0. The third-order valence-corrected chi connectivity index (χ3v) is 8.13. The Morgan fingerprint density at radius 3 is 2.24 bits per heavy atom. The smallest absolute Gasteiger partial charge is 0.199 e. The number of aliphatic imine (C=N–C) groups is 1. The molecule has 0 bridgehead atoms. The predicted molar refractivity (Wildman–Crippen MR) is 157 cm³/mol. The van der Waals surface area contributed by atoms with Crippen molar-refractivity contribution in [3.63, 3.8) is 0 Å². The number of aromatic amines is 1. The van der Waals surface area contributed by atoms with Crippen molar-refractivity contribution in [3.8, 4) is 5.88 Å². The summed E-state index contributed by atoms with van der Waals surface area (Å²) in [5.41, 5.74) is 3.30. The van der Waals surface area contributed by atoms with E-state index in [0.29, 0.717) is 28.2 Å². The highest BCUT2D eigenvalue weighted by Crippen LogP contribution is 2.36. The Morgan fingerprint density at radius 1 is 0.804 bits per heavy atom. The van der Waals surface area contributed by atoms with Gasteiger partial charge in [0.2, 0.25) is 0 Å². The molecule has 16 heteroatoms. The Labute approximate surface area is 261 Å². The molecule has 9 N–H and O–H groups in total. The molecule has 1 aromatic heterocycles. The van der Waals surface area contributed by atoms with E-state index in [9.17, 15) is 40.9 Å². The molecule has 0 aliphatic carbocycles. The molecule has 2 saturated heterocycles. The van der Waals surface area contributed by atoms with Gasteiger partial charge in [0.05, 0.1) is 31.1 Å². The van der Waals surface area contributed by atoms with Gasteiger partial charge in [0, 0.05) is 16.5 Å². The lowest BCUT2D eigenvalue weighted by Gasteiger charge is -2.46. The van der Waals surface area contributed by atoms with Crippen molar-refractivity contribution >= 4 is 28.0 Å². The molecule has 3 aliphatic rings. The van der Waals surface area contributed by atoms with E-state index in [0.717, 1.165) is 10.9 Å². The molecule has 0 amide bonds. The summed E-state index contributed by atoms with van der Waals surface area (Å²) in [5.74, 6) is -0.0716. The van der Waals surface area contributed by atoms with Crippen LogP contribution in [0.3, 0.4) is 0 Å². The number of benzene rings is 2. The van der Waals surface area contributed by atoms with Gasteiger partial charge in [-0.25, -0.2) is 4.99 Å². The standard InChI is InChI=1S/C30H35N3O13/c34-11-17-26(22(36)24(38)29(41)44-17)46-27-18(12-35)45-30(25(39)23(27)37)42-9-10-43-33-20-14-6-2-4-8-16(14)31-21(20)19-13-5-1-3-7-15(13)32-28(19)40/h1-8,17-18,22-27,29-30,32,34-41H,9-12H2/b33-20+/t17-,18-,22+,23-,24-,25-,26?,27-,29-,30?/m1/s1. The molecule has 0 saturated carbocycles. The lowest BCUT2D eigenvalue weighted by Crippen LogP contribution is -2.65. The lowest BCUT2D eigenvalue weighted by molar-refractivity contribution is -0.343. The van der Waals surface area contributed by atoms with Crippen LogP contribution >= 0.6 is 0 Å². The number of fused-ring (bicyclic) bond motifs is 2. The first-order valence-corrected chi connectivity index (χ1v) is 14.6. The predicted octanol–water partition coefficient (Wildman–Crippen LogP) is -1.63. The number of para-hydroxylation sites is 2. The number of oxime groups is 1. The minimum Gasteiger partial charge on any atom is -0.494 e. The van der Waals surface area contributed by atoms with Crippen LogP contribution in [0.1, 0.15) is 11.1 Å². The number of ether oxygens (including phenoxy) is 4. The molecule has 248 valence electrons. The second-order valence-electron chi connectivity index (χ2n) is 11.0. The molecule has 4 heterocycles. The third-order valence-electron chi connectivity index (χ3n) is 8.13. The molecule has 6 rings (SSSR count). The van der Waals surface area contributed by atoms with E-state index in [1.54, 1.807) is 0 Å². The summed E-state index contributed by atoms with van der Waals surface area (Å²) < 4.78 is 21.9. The molecule has 16 nitrogen and oxygen atoms in total. The number of hydrogen-bond acceptors (Lipinski definition) is 15. The van der Waals surface area contributed by atoms with E-state index >= 15 is 0 Å². The molecule has 3 aliphatic heterocycles. The second kappa shape index (κ2) is 13.7. The number of aromatic hydroxyl groups is 1. The Balaban J connectivity index is 1.10. The number of hydrogen-bond donors (Lipinski definition) is 9. The number of nitrogens with zero attached hydrogens (tertiary/aromatic N) is 2. The number of nitrogens with one attached hydrogen (secondary N) is 1. The van der Waals surface area contributed by atoms with Crippen molar-refractivity contribution in [3.05, 3.63) is 59.7 Å². The highest BCUT2D eigenvalue weighted by molar-refractivity contribution is 6.58. The van der Waals surface area contributed by atoms with Gasteiger partial charge in [-0.3, -0.25) is 0 Å². The SMILES string of the molecule is OC[C@H]1O[C@@H](O)[C@H](O)[C@H](O)C1O[C@H]1[C@H](O)[C@@H](O)C(OCCO/N=C2/C(c3c(O)[nH]c4ccccc34)=Nc3ccccc32)O[C@@H]1CO. The second-order valence-corrected chi connectivity index (χ2v) is 11.0. The lowest BCUT2D eigenvalue weighted by atomic mass is 9.95. The Kier molecular flexibility index (Phi) is 9.64. The fourth-order valence-corrected chi connectivity index (χ4v) is 5.79. The minimum atomic E-state index is -1.79. The molecule has 46 heavy (non-hydrogen) atoms. The summed E-state index contributed by atoms with van der Waals surface area (Å²) in [6, 6.07) is 14.6. The Bertz CT molecular complexity index is 1580. The van der Waals surface area contributed by atoms with E-state index in [4.69, 9.17) is 23.8 Å². The van der Waals surface area contributed by atoms with Gasteiger partial charge >= 0.3 is 0 Å². The number of rotatable bonds is 10. The summed E-state index contributed by atoms with van der Waals surface area (Å²) in [6.07, 6.45) is -15.5. The third kappa shape index (κ3) is 6.01. The summed E-state index contributed by atoms with van der Waals surface area (Å²) in [7, 11) is 0. The van der Waals surface area contributed by atoms with E-state index < -0.39 is 74.6 Å². The van der Waals surface area contributed by atoms with Crippen molar-refractivity contribution in [2.75, 3.05) is 26.4 Å². The van der Waals surface area contributed by atoms with Crippen LogP contribution in [0, 0.1) is 0 Å². The fraction of sp³-hybridized carbons (Fsp3) is 0.467. The molecule has 2 fully saturated rings. The molecular weight excluding hydrogens is 610 g/mol. The summed E-state index contributed by atoms with van der Waals surface area (Å²) in [5, 5.41) is 86.9. The number of aromatic nitrogens is 1. The Morgan fingerprint density at radius 2 is 1.48 bits per heavy atom. The monoisotopic (exact) mass is 645 g/mol. The van der Waals surface area contributed by atoms with E-state index in [1.165, 1.54) is 0 Å². The zero-order valence-electron chi connectivity index (χ0n) is 24.2. The maximum absolute atomic E-state index is 10.8. The molecular formula is C30H35N3O13. The van der Waals surface area contributed by atoms with Gasteiger partial charge < -0.3 is 69.6 Å². The van der Waals surface area contributed by atoms with Gasteiger partial charge in [0.1, 0.15) is 66.9 Å². The van der Waals surface area contributed by atoms with Crippen LogP contribution in [0.25, 0.3) is 10.9 Å². The largest absolute Gasteiger partial charge is 0.494 e. The molecule has 2 unspecified atom stereocenters. The van der Waals surface area contributed by atoms with Gasteiger partial charge in [0.15, 0.2) is 18.5 Å². The van der Waals surface area contributed by atoms with Gasteiger partial charge in [0.25, 0.3) is 0 Å². The van der Waals surface area contributed by atoms with Crippen molar-refractivity contribution in [2.45, 2.75) is 61.4 Å². The molecule has 0 spiro atoms. The number of aliphatic hydroxyl groups excluding tert-OH is 7. The number of H-pyrrole nitrogens is 1. The van der Waals surface area contributed by atoms with Crippen LogP contribution < -0.4 is 0 Å². The molecule has 0 radical (unpaired) electrons. The average molecular weight is 646 g/mol. The highest BCUT2D eigenvalue weighted by Gasteiger charge is 2.51. The van der Waals surface area contributed by atoms with E-state index in [1.807, 2.05) is 48.5 Å². The first-order valence-electron chi connectivity index (χ1n) is 14.6. The van der Waals surface area contributed by atoms with Gasteiger partial charge in [-0.1, -0.05) is 41.6 Å². The molecule has 3 aromatic rings. The highest BCUT2D eigenvalue weighted by atomic mass is 16.7. The molecule has 10 atom stereocenters. The maximum Gasteiger partial charge on any atom is 0.199 e. The normalized spacial score (nSPS) is 33.7. The van der Waals surface area contributed by atoms with Gasteiger partial charge in [-0.2, -0.15) is 0 Å². The van der Waals surface area contributed by atoms with Gasteiger partial charge in [-0.15, -0.1) is 0 Å². The van der Waals surface area contributed by atoms with Crippen LogP contribution in [0.2, 0.25) is 0 Å². The maximum atomic E-state index is 10.8. The van der Waals surface area contributed by atoms with Gasteiger partial charge in [-0.05, 0) is 12.1 Å². The van der Waals surface area contributed by atoms with Crippen LogP contribution in [-0.2, 0) is 23.8 Å². The van der Waals surface area contributed by atoms with Crippen molar-refractivity contribution < 1.29 is 64.6 Å². The number of aliphatic hydroxyl groups is 7. The first-order chi connectivity index (χ1) is 22.2. The Hall–Kier alpha value is -3.52. The average Bonchev–Trinajstić information content (AvgIpc) is 3.59. The van der Waals surface area contributed by atoms with E-state index in [-0.39, 0.29) is 19.1 Å². The summed E-state index contributed by atoms with van der Waals surface area (Å²) in [4.78, 5) is 13.2. The fourth-order valence-electron chi connectivity index (χ4n) is 5.79. The topological polar surface area (TPSA) is 248 Å². The van der Waals surface area contributed by atoms with Crippen LogP contribution in [-0.4, -0.2) is 145 Å². The van der Waals surface area contributed by atoms with E-state index in [2.05, 4.69) is 15.1 Å². The molecule has 2 aromatic carbocycles. The summed E-state index contributed by atoms with van der Waals surface area (Å²) in [6.45, 7) is -1.71. The quantitative estimate of drug-likeness (QED) is 0.0889.